The molecule has 0 bridgehead atoms. The van der Waals surface area contributed by atoms with Crippen molar-refractivity contribution in [1.82, 2.24) is 0 Å². The SMILES string of the molecule is CC1=[C-]c2ccccc2C1C(C)(c1ccccc1)c1ccccc1.[Cl-].[Cl-].[Cl-].[Ti+4]. The van der Waals surface area contributed by atoms with Gasteiger partial charge in [0.05, 0.1) is 0 Å². The molecule has 0 heterocycles. The Bertz CT molecular complexity index is 852. The second-order valence-electron chi connectivity index (χ2n) is 6.76. The molecule has 0 amide bonds. The zero-order valence-electron chi connectivity index (χ0n) is 15.8. The first-order valence-corrected chi connectivity index (χ1v) is 8.51. The van der Waals surface area contributed by atoms with Crippen LogP contribution >= 0.6 is 0 Å². The maximum absolute atomic E-state index is 3.61. The molecule has 0 N–H and O–H groups in total. The van der Waals surface area contributed by atoms with Gasteiger partial charge in [-0.2, -0.15) is 17.7 Å². The summed E-state index contributed by atoms with van der Waals surface area (Å²) in [5.41, 5.74) is 6.50. The summed E-state index contributed by atoms with van der Waals surface area (Å²) in [7, 11) is 0. The van der Waals surface area contributed by atoms with Gasteiger partial charge in [-0.1, -0.05) is 80.6 Å². The molecule has 0 spiro atoms. The van der Waals surface area contributed by atoms with Crippen molar-refractivity contribution in [3.05, 3.63) is 119 Å². The Morgan fingerprint density at radius 2 is 1.11 bits per heavy atom. The summed E-state index contributed by atoms with van der Waals surface area (Å²) in [6.07, 6.45) is 3.61. The van der Waals surface area contributed by atoms with E-state index in [1.807, 2.05) is 0 Å². The molecule has 0 saturated carbocycles. The molecule has 1 aliphatic carbocycles. The second kappa shape index (κ2) is 11.2. The molecule has 0 nitrogen and oxygen atoms in total. The summed E-state index contributed by atoms with van der Waals surface area (Å²) in [5, 5.41) is 0. The maximum Gasteiger partial charge on any atom is 4.00 e. The van der Waals surface area contributed by atoms with Crippen LogP contribution in [0.3, 0.4) is 0 Å². The minimum Gasteiger partial charge on any atom is -1.00 e. The molecule has 0 aliphatic heterocycles. The van der Waals surface area contributed by atoms with Crippen LogP contribution in [0.5, 0.6) is 0 Å². The van der Waals surface area contributed by atoms with Crippen molar-refractivity contribution in [2.75, 3.05) is 0 Å². The average molecular weight is 464 g/mol. The van der Waals surface area contributed by atoms with E-state index in [1.54, 1.807) is 0 Å². The smallest absolute Gasteiger partial charge is 1.00 e. The molecule has 0 saturated heterocycles. The normalized spacial score (nSPS) is 14.2. The Balaban J connectivity index is 0.00000182. The van der Waals surface area contributed by atoms with Crippen molar-refractivity contribution in [2.45, 2.75) is 25.2 Å². The quantitative estimate of drug-likeness (QED) is 0.285. The molecule has 4 heteroatoms. The molecular weight excluding hydrogens is 442 g/mol. The van der Waals surface area contributed by atoms with Crippen LogP contribution in [0.1, 0.15) is 42.0 Å². The van der Waals surface area contributed by atoms with E-state index >= 15 is 0 Å². The van der Waals surface area contributed by atoms with Gasteiger partial charge in [-0.15, -0.1) is 23.3 Å². The number of benzene rings is 3. The first-order valence-electron chi connectivity index (χ1n) is 8.51. The van der Waals surface area contributed by atoms with Crippen LogP contribution in [0, 0.1) is 6.08 Å². The molecule has 142 valence electrons. The molecule has 28 heavy (non-hydrogen) atoms. The van der Waals surface area contributed by atoms with E-state index in [4.69, 9.17) is 0 Å². The number of fused-ring (bicyclic) bond motifs is 1. The predicted octanol–water partition coefficient (Wildman–Crippen LogP) is -3.10. The fraction of sp³-hybridized carbons (Fsp3) is 0.167. The van der Waals surface area contributed by atoms with Gasteiger partial charge in [-0.25, -0.2) is 0 Å². The number of hydrogen-bond donors (Lipinski definition) is 0. The van der Waals surface area contributed by atoms with Crippen molar-refractivity contribution in [3.63, 3.8) is 0 Å². The Morgan fingerprint density at radius 1 is 0.679 bits per heavy atom. The van der Waals surface area contributed by atoms with Gasteiger partial charge in [-0.05, 0) is 17.0 Å². The van der Waals surface area contributed by atoms with Gasteiger partial charge in [0, 0.05) is 5.41 Å². The summed E-state index contributed by atoms with van der Waals surface area (Å²) in [6.45, 7) is 4.59. The molecule has 1 unspecified atom stereocenters. The van der Waals surface area contributed by atoms with Crippen LogP contribution in [-0.4, -0.2) is 0 Å². The van der Waals surface area contributed by atoms with Crippen molar-refractivity contribution < 1.29 is 58.9 Å². The molecule has 3 aromatic carbocycles. The zero-order valence-corrected chi connectivity index (χ0v) is 19.6. The van der Waals surface area contributed by atoms with Crippen molar-refractivity contribution in [2.24, 2.45) is 0 Å². The van der Waals surface area contributed by atoms with Crippen LogP contribution < -0.4 is 37.2 Å². The van der Waals surface area contributed by atoms with Crippen LogP contribution in [0.4, 0.5) is 0 Å². The number of allylic oxidation sites excluding steroid dienone is 1. The van der Waals surface area contributed by atoms with E-state index < -0.39 is 0 Å². The van der Waals surface area contributed by atoms with Gasteiger partial charge in [0.2, 0.25) is 0 Å². The van der Waals surface area contributed by atoms with Crippen LogP contribution in [0.25, 0.3) is 0 Å². The van der Waals surface area contributed by atoms with E-state index in [0.29, 0.717) is 5.92 Å². The number of hydrogen-bond acceptors (Lipinski definition) is 0. The minimum absolute atomic E-state index is 0. The predicted molar refractivity (Wildman–Crippen MR) is 100 cm³/mol. The minimum atomic E-state index is -0.119. The van der Waals surface area contributed by atoms with Crippen LogP contribution in [0.15, 0.2) is 90.5 Å². The summed E-state index contributed by atoms with van der Waals surface area (Å²) in [4.78, 5) is 0. The van der Waals surface area contributed by atoms with Gasteiger partial charge in [0.15, 0.2) is 0 Å². The molecule has 0 fully saturated rings. The van der Waals surface area contributed by atoms with Crippen molar-refractivity contribution >= 4 is 0 Å². The third-order valence-corrected chi connectivity index (χ3v) is 5.36. The van der Waals surface area contributed by atoms with Gasteiger partial charge in [-0.3, -0.25) is 0 Å². The van der Waals surface area contributed by atoms with Crippen molar-refractivity contribution in [3.8, 4) is 0 Å². The molecular formula is C24H21Cl3Ti. The van der Waals surface area contributed by atoms with E-state index in [1.165, 1.54) is 27.8 Å². The Labute approximate surface area is 202 Å². The molecule has 1 atom stereocenters. The maximum atomic E-state index is 3.61. The number of halogens is 3. The van der Waals surface area contributed by atoms with Gasteiger partial charge < -0.3 is 37.2 Å². The monoisotopic (exact) mass is 462 g/mol. The summed E-state index contributed by atoms with van der Waals surface area (Å²) in [5.74, 6) is 0.304. The molecule has 4 rings (SSSR count). The van der Waals surface area contributed by atoms with Crippen LogP contribution in [0.2, 0.25) is 0 Å². The molecule has 0 radical (unpaired) electrons. The third kappa shape index (κ3) is 4.59. The van der Waals surface area contributed by atoms with E-state index in [2.05, 4.69) is 105 Å². The summed E-state index contributed by atoms with van der Waals surface area (Å²) >= 11 is 0. The molecule has 3 aromatic rings. The topological polar surface area (TPSA) is 0 Å². The van der Waals surface area contributed by atoms with Crippen LogP contribution in [-0.2, 0) is 27.1 Å². The Hall–Kier alpha value is -1.02. The van der Waals surface area contributed by atoms with Gasteiger partial charge in [0.1, 0.15) is 0 Å². The van der Waals surface area contributed by atoms with Gasteiger partial charge >= 0.3 is 21.7 Å². The Kier molecular flexibility index (Phi) is 10.8. The zero-order chi connectivity index (χ0) is 16.6. The molecule has 1 aliphatic rings. The fourth-order valence-electron chi connectivity index (χ4n) is 4.19. The third-order valence-electron chi connectivity index (χ3n) is 5.36. The average Bonchev–Trinajstić information content (AvgIpc) is 2.99. The van der Waals surface area contributed by atoms with E-state index in [9.17, 15) is 0 Å². The summed E-state index contributed by atoms with van der Waals surface area (Å²) < 4.78 is 0. The van der Waals surface area contributed by atoms with Gasteiger partial charge in [0.25, 0.3) is 0 Å². The standard InChI is InChI=1S/C24H21.3ClH.Ti/c1-18-17-19-11-9-10-16-22(19)23(18)24(2,20-12-5-3-6-13-20)21-14-7-4-8-15-21;;;;/h3-16,23H,1-2H3;3*1H;/q-1;;;;+4/p-3. The van der Waals surface area contributed by atoms with E-state index in [-0.39, 0.29) is 64.4 Å². The molecule has 0 aromatic heterocycles. The van der Waals surface area contributed by atoms with Crippen molar-refractivity contribution in [1.29, 1.82) is 0 Å². The number of rotatable bonds is 3. The first kappa shape index (κ1) is 27.0. The summed E-state index contributed by atoms with van der Waals surface area (Å²) in [6, 6.07) is 30.4. The Morgan fingerprint density at radius 3 is 1.61 bits per heavy atom. The largest absolute Gasteiger partial charge is 4.00 e. The second-order valence-corrected chi connectivity index (χ2v) is 6.76. The fourth-order valence-corrected chi connectivity index (χ4v) is 4.19. The van der Waals surface area contributed by atoms with E-state index in [0.717, 1.165) is 0 Å². The first-order chi connectivity index (χ1) is 11.7.